The van der Waals surface area contributed by atoms with Crippen LogP contribution in [-0.4, -0.2) is 57.3 Å². The highest BCUT2D eigenvalue weighted by Crippen LogP contribution is 2.30. The van der Waals surface area contributed by atoms with Crippen LogP contribution in [0.15, 0.2) is 53.4 Å². The summed E-state index contributed by atoms with van der Waals surface area (Å²) in [5, 5.41) is 5.57. The van der Waals surface area contributed by atoms with Crippen molar-refractivity contribution in [1.82, 2.24) is 9.62 Å². The van der Waals surface area contributed by atoms with Gasteiger partial charge in [-0.3, -0.25) is 9.59 Å². The normalized spacial score (nSPS) is 11.3. The number of benzene rings is 2. The fraction of sp³-hybridized carbons (Fsp3) is 0.417. The van der Waals surface area contributed by atoms with E-state index in [9.17, 15) is 18.0 Å². The van der Waals surface area contributed by atoms with Crippen molar-refractivity contribution in [2.75, 3.05) is 42.9 Å². The van der Waals surface area contributed by atoms with Gasteiger partial charge in [0.15, 0.2) is 0 Å². The standard InChI is InChI=1S/C24H34N4O4S/c1-5-27(6-2)22-15-14-20(33(31,32)28(7-3)8-4)18-21(22)26-23(29)16-17-25-24(30)19-12-10-9-11-13-19/h9-15,18H,5-8,16-17H2,1-4H3,(H,25,30)(H,26,29). The minimum atomic E-state index is -3.67. The molecule has 0 radical (unpaired) electrons. The van der Waals surface area contributed by atoms with E-state index in [4.69, 9.17) is 0 Å². The Hall–Kier alpha value is -2.91. The lowest BCUT2D eigenvalue weighted by Crippen LogP contribution is -2.31. The summed E-state index contributed by atoms with van der Waals surface area (Å²) < 4.78 is 27.4. The van der Waals surface area contributed by atoms with Crippen LogP contribution < -0.4 is 15.5 Å². The number of nitrogens with zero attached hydrogens (tertiary/aromatic N) is 2. The molecule has 2 rings (SSSR count). The predicted molar refractivity (Wildman–Crippen MR) is 132 cm³/mol. The van der Waals surface area contributed by atoms with E-state index in [1.54, 1.807) is 50.2 Å². The largest absolute Gasteiger partial charge is 0.370 e. The van der Waals surface area contributed by atoms with Crippen LogP contribution in [0.2, 0.25) is 0 Å². The Morgan fingerprint density at radius 2 is 1.52 bits per heavy atom. The van der Waals surface area contributed by atoms with E-state index < -0.39 is 10.0 Å². The third-order valence-electron chi connectivity index (χ3n) is 5.36. The molecule has 8 nitrogen and oxygen atoms in total. The molecule has 2 aromatic rings. The van der Waals surface area contributed by atoms with Gasteiger partial charge in [-0.15, -0.1) is 0 Å². The van der Waals surface area contributed by atoms with Crippen LogP contribution in [0.1, 0.15) is 44.5 Å². The molecule has 0 atom stereocenters. The molecule has 0 aromatic heterocycles. The first-order valence-corrected chi connectivity index (χ1v) is 12.7. The van der Waals surface area contributed by atoms with Gasteiger partial charge < -0.3 is 15.5 Å². The summed E-state index contributed by atoms with van der Waals surface area (Å²) in [5.74, 6) is -0.561. The average molecular weight is 475 g/mol. The third-order valence-corrected chi connectivity index (χ3v) is 7.41. The Bertz CT molecular complexity index is 1030. The van der Waals surface area contributed by atoms with E-state index >= 15 is 0 Å². The molecule has 9 heteroatoms. The summed E-state index contributed by atoms with van der Waals surface area (Å²) in [6, 6.07) is 13.6. The van der Waals surface area contributed by atoms with Gasteiger partial charge in [-0.2, -0.15) is 4.31 Å². The molecule has 0 bridgehead atoms. The van der Waals surface area contributed by atoms with Gasteiger partial charge in [-0.1, -0.05) is 32.0 Å². The van der Waals surface area contributed by atoms with E-state index in [0.29, 0.717) is 37.4 Å². The highest BCUT2D eigenvalue weighted by molar-refractivity contribution is 7.89. The number of hydrogen-bond acceptors (Lipinski definition) is 5. The van der Waals surface area contributed by atoms with Gasteiger partial charge in [0.25, 0.3) is 5.91 Å². The van der Waals surface area contributed by atoms with E-state index in [2.05, 4.69) is 10.6 Å². The Kier molecular flexibility index (Phi) is 9.87. The number of amides is 2. The highest BCUT2D eigenvalue weighted by atomic mass is 32.2. The zero-order chi connectivity index (χ0) is 24.4. The second kappa shape index (κ2) is 12.4. The molecule has 2 aromatic carbocycles. The average Bonchev–Trinajstić information content (AvgIpc) is 2.81. The molecule has 0 heterocycles. The first-order chi connectivity index (χ1) is 15.8. The summed E-state index contributed by atoms with van der Waals surface area (Å²) >= 11 is 0. The monoisotopic (exact) mass is 474 g/mol. The van der Waals surface area contributed by atoms with Gasteiger partial charge in [0.05, 0.1) is 16.3 Å². The van der Waals surface area contributed by atoms with Crippen molar-refractivity contribution in [3.63, 3.8) is 0 Å². The molecule has 0 unspecified atom stereocenters. The van der Waals surface area contributed by atoms with E-state index in [0.717, 1.165) is 5.69 Å². The molecular weight excluding hydrogens is 440 g/mol. The SMILES string of the molecule is CCN(CC)c1ccc(S(=O)(=O)N(CC)CC)cc1NC(=O)CCNC(=O)c1ccccc1. The van der Waals surface area contributed by atoms with Gasteiger partial charge >= 0.3 is 0 Å². The Morgan fingerprint density at radius 1 is 0.879 bits per heavy atom. The maximum absolute atomic E-state index is 13.0. The third kappa shape index (κ3) is 6.79. The Morgan fingerprint density at radius 3 is 2.09 bits per heavy atom. The lowest BCUT2D eigenvalue weighted by Gasteiger charge is -2.26. The Balaban J connectivity index is 2.19. The second-order valence-electron chi connectivity index (χ2n) is 7.36. The van der Waals surface area contributed by atoms with E-state index in [1.807, 2.05) is 24.8 Å². The molecule has 0 aliphatic rings. The van der Waals surface area contributed by atoms with E-state index in [-0.39, 0.29) is 29.7 Å². The zero-order valence-electron chi connectivity index (χ0n) is 19.8. The number of sulfonamides is 1. The van der Waals surface area contributed by atoms with Crippen LogP contribution in [-0.2, 0) is 14.8 Å². The lowest BCUT2D eigenvalue weighted by molar-refractivity contribution is -0.116. The number of nitrogens with one attached hydrogen (secondary N) is 2. The van der Waals surface area contributed by atoms with Crippen LogP contribution >= 0.6 is 0 Å². The first-order valence-electron chi connectivity index (χ1n) is 11.3. The van der Waals surface area contributed by atoms with Crippen LogP contribution in [0.25, 0.3) is 0 Å². The van der Waals surface area contributed by atoms with Gasteiger partial charge in [0.2, 0.25) is 15.9 Å². The second-order valence-corrected chi connectivity index (χ2v) is 9.30. The smallest absolute Gasteiger partial charge is 0.251 e. The van der Waals surface area contributed by atoms with Gasteiger partial charge in [-0.05, 0) is 44.2 Å². The maximum atomic E-state index is 13.0. The fourth-order valence-corrected chi connectivity index (χ4v) is 5.01. The summed E-state index contributed by atoms with van der Waals surface area (Å²) in [5.41, 5.74) is 1.71. The summed E-state index contributed by atoms with van der Waals surface area (Å²) in [6.07, 6.45) is 0.0588. The molecule has 180 valence electrons. The van der Waals surface area contributed by atoms with Crippen molar-refractivity contribution in [3.8, 4) is 0 Å². The minimum absolute atomic E-state index is 0.0588. The molecule has 0 aliphatic carbocycles. The molecule has 0 saturated heterocycles. The van der Waals surface area contributed by atoms with Gasteiger partial charge in [0, 0.05) is 44.7 Å². The van der Waals surface area contributed by atoms with Crippen LogP contribution in [0.4, 0.5) is 11.4 Å². The van der Waals surface area contributed by atoms with Crippen molar-refractivity contribution in [3.05, 3.63) is 54.1 Å². The van der Waals surface area contributed by atoms with Crippen LogP contribution in [0.5, 0.6) is 0 Å². The van der Waals surface area contributed by atoms with Crippen molar-refractivity contribution in [2.45, 2.75) is 39.0 Å². The predicted octanol–water partition coefficient (Wildman–Crippen LogP) is 3.32. The number of carbonyl (C=O) groups is 2. The van der Waals surface area contributed by atoms with Crippen LogP contribution in [0, 0.1) is 0 Å². The maximum Gasteiger partial charge on any atom is 0.251 e. The van der Waals surface area contributed by atoms with Gasteiger partial charge in [0.1, 0.15) is 0 Å². The van der Waals surface area contributed by atoms with Crippen molar-refractivity contribution in [2.24, 2.45) is 0 Å². The molecule has 2 N–H and O–H groups in total. The molecule has 33 heavy (non-hydrogen) atoms. The van der Waals surface area contributed by atoms with Crippen molar-refractivity contribution in [1.29, 1.82) is 0 Å². The van der Waals surface area contributed by atoms with Crippen molar-refractivity contribution >= 4 is 33.2 Å². The summed E-state index contributed by atoms with van der Waals surface area (Å²) in [6.45, 7) is 9.86. The molecule has 2 amide bonds. The lowest BCUT2D eigenvalue weighted by atomic mass is 10.2. The number of carbonyl (C=O) groups excluding carboxylic acids is 2. The topological polar surface area (TPSA) is 98.8 Å². The van der Waals surface area contributed by atoms with Crippen LogP contribution in [0.3, 0.4) is 0 Å². The number of anilines is 2. The number of rotatable bonds is 12. The molecule has 0 saturated carbocycles. The van der Waals surface area contributed by atoms with Gasteiger partial charge in [-0.25, -0.2) is 8.42 Å². The fourth-order valence-electron chi connectivity index (χ4n) is 3.52. The quantitative estimate of drug-likeness (QED) is 0.492. The molecule has 0 fully saturated rings. The molecular formula is C24H34N4O4S. The first kappa shape index (κ1) is 26.3. The molecule has 0 aliphatic heterocycles. The van der Waals surface area contributed by atoms with E-state index in [1.165, 1.54) is 10.4 Å². The zero-order valence-corrected chi connectivity index (χ0v) is 20.6. The number of hydrogen-bond donors (Lipinski definition) is 2. The minimum Gasteiger partial charge on any atom is -0.370 e. The summed E-state index contributed by atoms with van der Waals surface area (Å²) in [4.78, 5) is 27.0. The molecule has 0 spiro atoms. The highest BCUT2D eigenvalue weighted by Gasteiger charge is 2.24. The summed E-state index contributed by atoms with van der Waals surface area (Å²) in [7, 11) is -3.67. The van der Waals surface area contributed by atoms with Crippen molar-refractivity contribution < 1.29 is 18.0 Å². The Labute approximate surface area is 197 Å².